The fourth-order valence-corrected chi connectivity index (χ4v) is 3.79. The van der Waals surface area contributed by atoms with E-state index >= 15 is 0 Å². The van der Waals surface area contributed by atoms with Gasteiger partial charge in [0.2, 0.25) is 11.8 Å². The van der Waals surface area contributed by atoms with Crippen molar-refractivity contribution in [1.82, 2.24) is 10.3 Å². The van der Waals surface area contributed by atoms with E-state index in [2.05, 4.69) is 15.6 Å². The number of oxazole rings is 1. The molecule has 0 fully saturated rings. The molecule has 1 aliphatic heterocycles. The third-order valence-electron chi connectivity index (χ3n) is 4.92. The molecule has 33 heavy (non-hydrogen) atoms. The van der Waals surface area contributed by atoms with Crippen molar-refractivity contribution in [2.24, 2.45) is 0 Å². The van der Waals surface area contributed by atoms with Crippen molar-refractivity contribution in [2.45, 2.75) is 12.5 Å². The molecule has 0 unspecified atom stereocenters. The molecule has 2 heterocycles. The van der Waals surface area contributed by atoms with Crippen LogP contribution in [-0.4, -0.2) is 48.1 Å². The second-order valence-corrected chi connectivity index (χ2v) is 8.28. The number of carbonyl (C=O) groups excluding carboxylic acids is 2. The molecule has 2 amide bonds. The number of amides is 2. The lowest BCUT2D eigenvalue weighted by molar-refractivity contribution is -0.123. The predicted octanol–water partition coefficient (Wildman–Crippen LogP) is 2.78. The van der Waals surface area contributed by atoms with E-state index in [1.165, 1.54) is 6.08 Å². The van der Waals surface area contributed by atoms with E-state index < -0.39 is 11.8 Å². The highest BCUT2D eigenvalue weighted by atomic mass is 32.2. The molecule has 10 heteroatoms. The number of hydrogen-bond acceptors (Lipinski definition) is 7. The van der Waals surface area contributed by atoms with E-state index in [0.717, 1.165) is 5.56 Å². The Balaban J connectivity index is 1.41. The zero-order valence-corrected chi connectivity index (χ0v) is 18.7. The summed E-state index contributed by atoms with van der Waals surface area (Å²) in [5.41, 5.74) is 2.14. The standard InChI is InChI=1S/C23H23N3O6S/c1-33-11-8-16(22(28)24-15-4-6-18-17(13-15)26-23(29)32-18)25-21(27)7-3-14-2-5-19-20(12-14)31-10-9-30-19/h2-7,12-13,16H,8-11H2,1H3,(H,24,28)(H,25,27)(H,26,29)/b7-3+/t16-/m1/s1. The van der Waals surface area contributed by atoms with E-state index in [0.29, 0.717) is 53.7 Å². The molecule has 0 radical (unpaired) electrons. The number of H-pyrrole nitrogens is 1. The van der Waals surface area contributed by atoms with Crippen molar-refractivity contribution in [1.29, 1.82) is 0 Å². The van der Waals surface area contributed by atoms with E-state index in [4.69, 9.17) is 13.9 Å². The van der Waals surface area contributed by atoms with Gasteiger partial charge in [-0.25, -0.2) is 4.79 Å². The van der Waals surface area contributed by atoms with Gasteiger partial charge in [-0.2, -0.15) is 11.8 Å². The van der Waals surface area contributed by atoms with Crippen LogP contribution in [0.2, 0.25) is 0 Å². The van der Waals surface area contributed by atoms with Crippen LogP contribution >= 0.6 is 11.8 Å². The third kappa shape index (κ3) is 5.78. The van der Waals surface area contributed by atoms with Crippen LogP contribution in [0.3, 0.4) is 0 Å². The minimum Gasteiger partial charge on any atom is -0.486 e. The second kappa shape index (κ2) is 10.3. The van der Waals surface area contributed by atoms with Gasteiger partial charge in [-0.05, 0) is 60.4 Å². The maximum absolute atomic E-state index is 12.8. The Labute approximate surface area is 193 Å². The van der Waals surface area contributed by atoms with Crippen LogP contribution in [0.25, 0.3) is 17.2 Å². The summed E-state index contributed by atoms with van der Waals surface area (Å²) in [7, 11) is 0. The average Bonchev–Trinajstić information content (AvgIpc) is 3.19. The smallest absolute Gasteiger partial charge is 0.417 e. The minimum atomic E-state index is -0.728. The van der Waals surface area contributed by atoms with Crippen LogP contribution in [0.5, 0.6) is 11.5 Å². The Morgan fingerprint density at radius 3 is 2.79 bits per heavy atom. The van der Waals surface area contributed by atoms with E-state index in [1.807, 2.05) is 12.3 Å². The van der Waals surface area contributed by atoms with Gasteiger partial charge in [0.05, 0.1) is 5.52 Å². The van der Waals surface area contributed by atoms with Crippen molar-refractivity contribution in [3.63, 3.8) is 0 Å². The van der Waals surface area contributed by atoms with Gasteiger partial charge >= 0.3 is 5.76 Å². The van der Waals surface area contributed by atoms with Crippen LogP contribution in [0.1, 0.15) is 12.0 Å². The molecule has 0 saturated carbocycles. The molecule has 9 nitrogen and oxygen atoms in total. The molecule has 0 bridgehead atoms. The maximum Gasteiger partial charge on any atom is 0.417 e. The van der Waals surface area contributed by atoms with Crippen molar-refractivity contribution in [2.75, 3.05) is 30.5 Å². The number of fused-ring (bicyclic) bond motifs is 2. The first-order chi connectivity index (χ1) is 16.0. The first-order valence-corrected chi connectivity index (χ1v) is 11.7. The first-order valence-electron chi connectivity index (χ1n) is 10.3. The van der Waals surface area contributed by atoms with Gasteiger partial charge in [0.15, 0.2) is 17.1 Å². The highest BCUT2D eigenvalue weighted by Crippen LogP contribution is 2.31. The maximum atomic E-state index is 12.8. The number of nitrogens with one attached hydrogen (secondary N) is 3. The van der Waals surface area contributed by atoms with Crippen LogP contribution in [0.4, 0.5) is 5.69 Å². The zero-order chi connectivity index (χ0) is 23.2. The molecular weight excluding hydrogens is 446 g/mol. The highest BCUT2D eigenvalue weighted by Gasteiger charge is 2.20. The normalized spacial score (nSPS) is 13.7. The number of thioether (sulfide) groups is 1. The molecular formula is C23H23N3O6S. The molecule has 0 spiro atoms. The highest BCUT2D eigenvalue weighted by molar-refractivity contribution is 7.98. The summed E-state index contributed by atoms with van der Waals surface area (Å²) in [4.78, 5) is 39.2. The Bertz CT molecular complexity index is 1250. The number of benzene rings is 2. The van der Waals surface area contributed by atoms with Crippen molar-refractivity contribution in [3.8, 4) is 11.5 Å². The number of aromatic amines is 1. The predicted molar refractivity (Wildman–Crippen MR) is 127 cm³/mol. The fraction of sp³-hybridized carbons (Fsp3) is 0.261. The first kappa shape index (κ1) is 22.5. The summed E-state index contributed by atoms with van der Waals surface area (Å²) in [6, 6.07) is 9.52. The Morgan fingerprint density at radius 1 is 1.15 bits per heavy atom. The quantitative estimate of drug-likeness (QED) is 0.434. The van der Waals surface area contributed by atoms with Gasteiger partial charge in [0.25, 0.3) is 0 Å². The number of anilines is 1. The van der Waals surface area contributed by atoms with Gasteiger partial charge in [-0.15, -0.1) is 0 Å². The molecule has 3 N–H and O–H groups in total. The van der Waals surface area contributed by atoms with Crippen molar-refractivity contribution in [3.05, 3.63) is 58.6 Å². The number of carbonyl (C=O) groups is 2. The lowest BCUT2D eigenvalue weighted by Gasteiger charge is -2.18. The van der Waals surface area contributed by atoms with Gasteiger partial charge in [-0.3, -0.25) is 14.6 Å². The molecule has 1 atom stereocenters. The summed E-state index contributed by atoms with van der Waals surface area (Å²) >= 11 is 1.58. The molecule has 1 aliphatic rings. The van der Waals surface area contributed by atoms with Crippen molar-refractivity contribution < 1.29 is 23.5 Å². The molecule has 172 valence electrons. The van der Waals surface area contributed by atoms with Gasteiger partial charge < -0.3 is 24.5 Å². The summed E-state index contributed by atoms with van der Waals surface area (Å²) < 4.78 is 16.0. The molecule has 0 aliphatic carbocycles. The molecule has 1 aromatic heterocycles. The van der Waals surface area contributed by atoms with E-state index in [9.17, 15) is 14.4 Å². The fourth-order valence-electron chi connectivity index (χ4n) is 3.32. The monoisotopic (exact) mass is 469 g/mol. The number of ether oxygens (including phenoxy) is 2. The van der Waals surface area contributed by atoms with Gasteiger partial charge in [0.1, 0.15) is 19.3 Å². The van der Waals surface area contributed by atoms with Gasteiger partial charge in [-0.1, -0.05) is 6.07 Å². The minimum absolute atomic E-state index is 0.352. The number of aromatic nitrogens is 1. The lowest BCUT2D eigenvalue weighted by Crippen LogP contribution is -2.43. The third-order valence-corrected chi connectivity index (χ3v) is 5.57. The molecule has 0 saturated heterocycles. The van der Waals surface area contributed by atoms with Crippen LogP contribution < -0.4 is 25.9 Å². The average molecular weight is 470 g/mol. The summed E-state index contributed by atoms with van der Waals surface area (Å²) in [5, 5.41) is 5.55. The van der Waals surface area contributed by atoms with E-state index in [1.54, 1.807) is 48.2 Å². The summed E-state index contributed by atoms with van der Waals surface area (Å²) in [5.74, 6) is 0.698. The lowest BCUT2D eigenvalue weighted by atomic mass is 10.1. The van der Waals surface area contributed by atoms with Crippen molar-refractivity contribution >= 4 is 46.4 Å². The topological polar surface area (TPSA) is 123 Å². The zero-order valence-electron chi connectivity index (χ0n) is 17.9. The van der Waals surface area contributed by atoms with Gasteiger partial charge in [0, 0.05) is 11.8 Å². The number of hydrogen-bond donors (Lipinski definition) is 3. The van der Waals surface area contributed by atoms with Crippen LogP contribution in [-0.2, 0) is 9.59 Å². The largest absolute Gasteiger partial charge is 0.486 e. The Kier molecular flexibility index (Phi) is 7.04. The summed E-state index contributed by atoms with van der Waals surface area (Å²) in [6.07, 6.45) is 5.43. The SMILES string of the molecule is CSCC[C@@H](NC(=O)/C=C/c1ccc2c(c1)OCCO2)C(=O)Nc1ccc2oc(=O)[nH]c2c1. The van der Waals surface area contributed by atoms with E-state index in [-0.39, 0.29) is 11.8 Å². The van der Waals surface area contributed by atoms with Crippen LogP contribution in [0, 0.1) is 0 Å². The Morgan fingerprint density at radius 2 is 1.97 bits per heavy atom. The Hall–Kier alpha value is -3.66. The molecule has 2 aromatic carbocycles. The molecule has 3 aromatic rings. The van der Waals surface area contributed by atoms with Crippen LogP contribution in [0.15, 0.2) is 51.7 Å². The molecule has 4 rings (SSSR count). The number of rotatable bonds is 8. The second-order valence-electron chi connectivity index (χ2n) is 7.29. The summed E-state index contributed by atoms with van der Waals surface area (Å²) in [6.45, 7) is 0.995.